The van der Waals surface area contributed by atoms with Crippen LogP contribution in [0.3, 0.4) is 0 Å². The molecule has 1 aromatic rings. The Morgan fingerprint density at radius 2 is 2.15 bits per heavy atom. The van der Waals surface area contributed by atoms with Gasteiger partial charge < -0.3 is 4.57 Å². The lowest BCUT2D eigenvalue weighted by atomic mass is 10.3. The summed E-state index contributed by atoms with van der Waals surface area (Å²) in [7, 11) is 0. The van der Waals surface area contributed by atoms with E-state index in [2.05, 4.69) is 0 Å². The molecule has 0 bridgehead atoms. The van der Waals surface area contributed by atoms with E-state index in [1.165, 1.54) is 22.9 Å². The fourth-order valence-electron chi connectivity index (χ4n) is 1.04. The minimum atomic E-state index is -4.79. The lowest BCUT2D eigenvalue weighted by Gasteiger charge is -2.07. The molecule has 0 N–H and O–H groups in total. The van der Waals surface area contributed by atoms with Crippen molar-refractivity contribution >= 4 is 5.78 Å². The van der Waals surface area contributed by atoms with Crippen LogP contribution in [0.25, 0.3) is 0 Å². The zero-order valence-corrected chi connectivity index (χ0v) is 6.93. The van der Waals surface area contributed by atoms with E-state index in [1.807, 2.05) is 0 Å². The van der Waals surface area contributed by atoms with Crippen LogP contribution in [-0.2, 0) is 6.54 Å². The second-order valence-corrected chi connectivity index (χ2v) is 2.51. The van der Waals surface area contributed by atoms with Crippen LogP contribution in [0.15, 0.2) is 18.3 Å². The number of carbonyl (C=O) groups excluding carboxylic acids is 1. The number of ketones is 1. The van der Waals surface area contributed by atoms with Gasteiger partial charge in [-0.2, -0.15) is 13.2 Å². The van der Waals surface area contributed by atoms with Crippen molar-refractivity contribution in [3.63, 3.8) is 0 Å². The Kier molecular flexibility index (Phi) is 2.45. The Balaban J connectivity index is 3.02. The third-order valence-corrected chi connectivity index (χ3v) is 1.66. The van der Waals surface area contributed by atoms with Gasteiger partial charge >= 0.3 is 6.18 Å². The Morgan fingerprint density at radius 1 is 1.54 bits per heavy atom. The molecular formula is C8H8F3NO. The van der Waals surface area contributed by atoms with Crippen molar-refractivity contribution < 1.29 is 18.0 Å². The Hall–Kier alpha value is -1.26. The predicted molar refractivity (Wildman–Crippen MR) is 40.5 cm³/mol. The van der Waals surface area contributed by atoms with E-state index in [-0.39, 0.29) is 5.69 Å². The first-order chi connectivity index (χ1) is 5.96. The third-order valence-electron chi connectivity index (χ3n) is 1.66. The second kappa shape index (κ2) is 3.24. The molecule has 1 rings (SSSR count). The van der Waals surface area contributed by atoms with Gasteiger partial charge in [0.25, 0.3) is 5.78 Å². The van der Waals surface area contributed by atoms with Gasteiger partial charge in [0.1, 0.15) is 0 Å². The topological polar surface area (TPSA) is 22.0 Å². The molecule has 5 heteroatoms. The molecule has 0 saturated carbocycles. The van der Waals surface area contributed by atoms with Crippen LogP contribution in [0, 0.1) is 0 Å². The molecule has 0 aliphatic heterocycles. The molecule has 0 amide bonds. The maximum Gasteiger partial charge on any atom is 0.456 e. The van der Waals surface area contributed by atoms with Crippen molar-refractivity contribution in [1.29, 1.82) is 0 Å². The molecule has 72 valence electrons. The van der Waals surface area contributed by atoms with Crippen molar-refractivity contribution in [2.75, 3.05) is 0 Å². The average molecular weight is 191 g/mol. The minimum absolute atomic E-state index is 0.310. The van der Waals surface area contributed by atoms with Crippen molar-refractivity contribution in [3.8, 4) is 0 Å². The van der Waals surface area contributed by atoms with Gasteiger partial charge in [0.15, 0.2) is 0 Å². The fraction of sp³-hybridized carbons (Fsp3) is 0.375. The Morgan fingerprint density at radius 3 is 2.62 bits per heavy atom. The van der Waals surface area contributed by atoms with E-state index < -0.39 is 12.0 Å². The summed E-state index contributed by atoms with van der Waals surface area (Å²) in [6, 6.07) is 2.59. The van der Waals surface area contributed by atoms with Crippen LogP contribution in [0.4, 0.5) is 13.2 Å². The van der Waals surface area contributed by atoms with Gasteiger partial charge in [0.2, 0.25) is 0 Å². The summed E-state index contributed by atoms with van der Waals surface area (Å²) >= 11 is 0. The highest BCUT2D eigenvalue weighted by Crippen LogP contribution is 2.21. The Bertz CT molecular complexity index is 313. The molecule has 0 aromatic carbocycles. The van der Waals surface area contributed by atoms with Crippen molar-refractivity contribution in [2.45, 2.75) is 19.6 Å². The van der Waals surface area contributed by atoms with Gasteiger partial charge in [-0.3, -0.25) is 4.79 Å². The van der Waals surface area contributed by atoms with Crippen molar-refractivity contribution in [2.24, 2.45) is 0 Å². The van der Waals surface area contributed by atoms with Gasteiger partial charge in [-0.05, 0) is 19.1 Å². The summed E-state index contributed by atoms with van der Waals surface area (Å²) in [5, 5.41) is 0. The molecule has 0 aliphatic rings. The standard InChI is InChI=1S/C8H8F3NO/c1-2-12-5-3-4-6(12)7(13)8(9,10)11/h3-5H,2H2,1H3. The predicted octanol–water partition coefficient (Wildman–Crippen LogP) is 2.25. The number of alkyl halides is 3. The number of aryl methyl sites for hydroxylation is 1. The molecule has 2 nitrogen and oxygen atoms in total. The van der Waals surface area contributed by atoms with E-state index in [4.69, 9.17) is 0 Å². The molecule has 0 fully saturated rings. The number of aromatic nitrogens is 1. The molecule has 0 radical (unpaired) electrons. The number of rotatable bonds is 2. The number of carbonyl (C=O) groups is 1. The number of halogens is 3. The lowest BCUT2D eigenvalue weighted by Crippen LogP contribution is -2.25. The van der Waals surface area contributed by atoms with Crippen LogP contribution in [0.5, 0.6) is 0 Å². The smallest absolute Gasteiger partial charge is 0.345 e. The first-order valence-corrected chi connectivity index (χ1v) is 3.73. The summed E-state index contributed by atoms with van der Waals surface area (Å²) in [5.74, 6) is -1.79. The van der Waals surface area contributed by atoms with Gasteiger partial charge in [0.05, 0.1) is 5.69 Å². The summed E-state index contributed by atoms with van der Waals surface area (Å²) < 4.78 is 37.2. The normalized spacial score (nSPS) is 11.7. The maximum absolute atomic E-state index is 12.0. The maximum atomic E-state index is 12.0. The number of hydrogen-bond donors (Lipinski definition) is 0. The highest BCUT2D eigenvalue weighted by molar-refractivity contribution is 5.98. The zero-order valence-electron chi connectivity index (χ0n) is 6.93. The van der Waals surface area contributed by atoms with E-state index in [0.29, 0.717) is 6.54 Å². The van der Waals surface area contributed by atoms with Crippen molar-refractivity contribution in [1.82, 2.24) is 4.57 Å². The largest absolute Gasteiger partial charge is 0.456 e. The third kappa shape index (κ3) is 1.91. The molecule has 13 heavy (non-hydrogen) atoms. The van der Waals surface area contributed by atoms with E-state index in [0.717, 1.165) is 0 Å². The highest BCUT2D eigenvalue weighted by atomic mass is 19.4. The Labute approximate surface area is 73.0 Å². The quantitative estimate of drug-likeness (QED) is 0.657. The second-order valence-electron chi connectivity index (χ2n) is 2.51. The average Bonchev–Trinajstić information content (AvgIpc) is 2.48. The number of nitrogens with zero attached hydrogens (tertiary/aromatic N) is 1. The highest BCUT2D eigenvalue weighted by Gasteiger charge is 2.40. The van der Waals surface area contributed by atoms with Crippen LogP contribution < -0.4 is 0 Å². The summed E-state index contributed by atoms with van der Waals surface area (Å²) in [4.78, 5) is 10.8. The SMILES string of the molecule is CCn1cccc1C(=O)C(F)(F)F. The van der Waals surface area contributed by atoms with Gasteiger partial charge in [-0.15, -0.1) is 0 Å². The van der Waals surface area contributed by atoms with Crippen molar-refractivity contribution in [3.05, 3.63) is 24.0 Å². The zero-order chi connectivity index (χ0) is 10.1. The summed E-state index contributed by atoms with van der Waals surface area (Å²) in [6.45, 7) is 2.03. The first kappa shape index (κ1) is 9.83. The molecule has 0 spiro atoms. The lowest BCUT2D eigenvalue weighted by molar-refractivity contribution is -0.0890. The van der Waals surface area contributed by atoms with Crippen LogP contribution in [0.1, 0.15) is 17.4 Å². The van der Waals surface area contributed by atoms with Crippen LogP contribution in [-0.4, -0.2) is 16.5 Å². The molecule has 1 aromatic heterocycles. The molecule has 1 heterocycles. The summed E-state index contributed by atoms with van der Waals surface area (Å²) in [5.41, 5.74) is -0.310. The number of Topliss-reactive ketones (excluding diaryl/α,β-unsaturated/α-hetero) is 1. The van der Waals surface area contributed by atoms with Gasteiger partial charge in [0, 0.05) is 12.7 Å². The first-order valence-electron chi connectivity index (χ1n) is 3.73. The minimum Gasteiger partial charge on any atom is -0.345 e. The van der Waals surface area contributed by atoms with E-state index >= 15 is 0 Å². The molecule has 0 aliphatic carbocycles. The monoisotopic (exact) mass is 191 g/mol. The number of hydrogen-bond acceptors (Lipinski definition) is 1. The van der Waals surface area contributed by atoms with Gasteiger partial charge in [-0.25, -0.2) is 0 Å². The molecule has 0 saturated heterocycles. The molecule has 0 atom stereocenters. The van der Waals surface area contributed by atoms with E-state index in [9.17, 15) is 18.0 Å². The van der Waals surface area contributed by atoms with E-state index in [1.54, 1.807) is 6.92 Å². The van der Waals surface area contributed by atoms with Crippen LogP contribution in [0.2, 0.25) is 0 Å². The summed E-state index contributed by atoms with van der Waals surface area (Å²) in [6.07, 6.45) is -3.34. The van der Waals surface area contributed by atoms with Gasteiger partial charge in [-0.1, -0.05) is 0 Å². The molecular weight excluding hydrogens is 183 g/mol. The van der Waals surface area contributed by atoms with Crippen LogP contribution >= 0.6 is 0 Å². The molecule has 0 unspecified atom stereocenters. The fourth-order valence-corrected chi connectivity index (χ4v) is 1.04.